The van der Waals surface area contributed by atoms with Gasteiger partial charge >= 0.3 is 5.69 Å². The first kappa shape index (κ1) is 17.4. The lowest BCUT2D eigenvalue weighted by Gasteiger charge is -2.16. The zero-order valence-electron chi connectivity index (χ0n) is 12.8. The first-order valence-electron chi connectivity index (χ1n) is 6.76. The normalized spacial score (nSPS) is 11.9. The highest BCUT2D eigenvalue weighted by Gasteiger charge is 2.15. The zero-order chi connectivity index (χ0) is 15.5. The summed E-state index contributed by atoms with van der Waals surface area (Å²) in [6.45, 7) is 11.5. The van der Waals surface area contributed by atoms with Gasteiger partial charge in [0.2, 0.25) is 0 Å². The number of hydrogen-bond donors (Lipinski definition) is 0. The third kappa shape index (κ3) is 4.16. The van der Waals surface area contributed by atoms with Crippen LogP contribution in [0.3, 0.4) is 0 Å². The standard InChI is InChI=1S/C13H23BrN2O3Si/c1-6-15-11(14)10(2)12(17)16(13(15)18)9-19-7-8-20(3,4)5/h6-9H2,1-5H3. The van der Waals surface area contributed by atoms with Crippen molar-refractivity contribution in [3.8, 4) is 0 Å². The summed E-state index contributed by atoms with van der Waals surface area (Å²) in [5, 5.41) is 0. The van der Waals surface area contributed by atoms with Crippen molar-refractivity contribution >= 4 is 24.0 Å². The van der Waals surface area contributed by atoms with Crippen molar-refractivity contribution < 1.29 is 4.74 Å². The fourth-order valence-electron chi connectivity index (χ4n) is 1.73. The maximum absolute atomic E-state index is 12.2. The van der Waals surface area contributed by atoms with E-state index >= 15 is 0 Å². The molecule has 1 heterocycles. The molecule has 0 unspecified atom stereocenters. The predicted molar refractivity (Wildman–Crippen MR) is 87.2 cm³/mol. The van der Waals surface area contributed by atoms with Crippen LogP contribution in [0.4, 0.5) is 0 Å². The molecule has 114 valence electrons. The van der Waals surface area contributed by atoms with E-state index in [2.05, 4.69) is 35.6 Å². The van der Waals surface area contributed by atoms with Crippen molar-refractivity contribution in [2.24, 2.45) is 0 Å². The number of halogens is 1. The van der Waals surface area contributed by atoms with E-state index in [0.717, 1.165) is 10.6 Å². The van der Waals surface area contributed by atoms with E-state index in [9.17, 15) is 9.59 Å². The van der Waals surface area contributed by atoms with Crippen molar-refractivity contribution in [3.63, 3.8) is 0 Å². The molecule has 0 amide bonds. The van der Waals surface area contributed by atoms with Crippen LogP contribution in [-0.4, -0.2) is 23.8 Å². The van der Waals surface area contributed by atoms with Crippen LogP contribution in [0.25, 0.3) is 0 Å². The SMILES string of the molecule is CCn1c(Br)c(C)c(=O)n(COCC[Si](C)(C)C)c1=O. The van der Waals surface area contributed by atoms with E-state index in [4.69, 9.17) is 4.74 Å². The van der Waals surface area contributed by atoms with Gasteiger partial charge in [0.15, 0.2) is 0 Å². The van der Waals surface area contributed by atoms with Crippen LogP contribution in [0, 0.1) is 6.92 Å². The molecule has 1 aromatic rings. The first-order chi connectivity index (χ1) is 9.19. The molecule has 0 N–H and O–H groups in total. The Hall–Kier alpha value is -0.663. The second kappa shape index (κ2) is 6.86. The molecule has 0 saturated heterocycles. The van der Waals surface area contributed by atoms with Crippen LogP contribution < -0.4 is 11.2 Å². The molecule has 7 heteroatoms. The summed E-state index contributed by atoms with van der Waals surface area (Å²) in [6.07, 6.45) is 0. The fraction of sp³-hybridized carbons (Fsp3) is 0.692. The summed E-state index contributed by atoms with van der Waals surface area (Å²) in [6, 6.07) is 1.01. The van der Waals surface area contributed by atoms with Crippen molar-refractivity contribution in [2.75, 3.05) is 6.61 Å². The van der Waals surface area contributed by atoms with Gasteiger partial charge in [-0.1, -0.05) is 19.6 Å². The maximum atomic E-state index is 12.2. The lowest BCUT2D eigenvalue weighted by atomic mass is 10.4. The predicted octanol–water partition coefficient (Wildman–Crippen LogP) is 2.41. The molecule has 0 radical (unpaired) electrons. The average molecular weight is 363 g/mol. The van der Waals surface area contributed by atoms with Crippen LogP contribution in [0.5, 0.6) is 0 Å². The van der Waals surface area contributed by atoms with E-state index in [1.54, 1.807) is 6.92 Å². The monoisotopic (exact) mass is 362 g/mol. The van der Waals surface area contributed by atoms with Crippen LogP contribution >= 0.6 is 15.9 Å². The molecule has 0 aliphatic rings. The van der Waals surface area contributed by atoms with Gasteiger partial charge in [0.1, 0.15) is 6.73 Å². The highest BCUT2D eigenvalue weighted by molar-refractivity contribution is 9.10. The third-order valence-corrected chi connectivity index (χ3v) is 5.83. The highest BCUT2D eigenvalue weighted by atomic mass is 79.9. The minimum atomic E-state index is -1.16. The van der Waals surface area contributed by atoms with Crippen LogP contribution in [0.1, 0.15) is 12.5 Å². The second-order valence-corrected chi connectivity index (χ2v) is 12.4. The van der Waals surface area contributed by atoms with E-state index in [-0.39, 0.29) is 18.0 Å². The third-order valence-electron chi connectivity index (χ3n) is 3.11. The number of ether oxygens (including phenoxy) is 1. The minimum Gasteiger partial charge on any atom is -0.361 e. The van der Waals surface area contributed by atoms with Gasteiger partial charge in [-0.3, -0.25) is 9.36 Å². The molecule has 0 saturated carbocycles. The topological polar surface area (TPSA) is 53.2 Å². The van der Waals surface area contributed by atoms with Crippen molar-refractivity contribution in [1.82, 2.24) is 9.13 Å². The van der Waals surface area contributed by atoms with Crippen LogP contribution in [-0.2, 0) is 18.0 Å². The largest absolute Gasteiger partial charge is 0.361 e. The van der Waals surface area contributed by atoms with Gasteiger partial charge in [-0.15, -0.1) is 0 Å². The van der Waals surface area contributed by atoms with Gasteiger partial charge < -0.3 is 4.74 Å². The summed E-state index contributed by atoms with van der Waals surface area (Å²) in [4.78, 5) is 24.3. The molecule has 1 rings (SSSR count). The quantitative estimate of drug-likeness (QED) is 0.443. The summed E-state index contributed by atoms with van der Waals surface area (Å²) in [5.74, 6) is 0. The Morgan fingerprint density at radius 3 is 2.30 bits per heavy atom. The number of nitrogens with zero attached hydrogens (tertiary/aromatic N) is 2. The Balaban J connectivity index is 2.94. The smallest absolute Gasteiger partial charge is 0.333 e. The van der Waals surface area contributed by atoms with E-state index < -0.39 is 8.07 Å². The molecule has 0 atom stereocenters. The molecule has 0 spiro atoms. The van der Waals surface area contributed by atoms with Gasteiger partial charge in [0, 0.05) is 26.8 Å². The second-order valence-electron chi connectivity index (χ2n) is 6.02. The molecular weight excluding hydrogens is 340 g/mol. The summed E-state index contributed by atoms with van der Waals surface area (Å²) in [7, 11) is -1.16. The van der Waals surface area contributed by atoms with Crippen molar-refractivity contribution in [1.29, 1.82) is 0 Å². The Bertz CT molecular complexity index is 587. The lowest BCUT2D eigenvalue weighted by Crippen LogP contribution is -2.42. The maximum Gasteiger partial charge on any atom is 0.333 e. The van der Waals surface area contributed by atoms with Gasteiger partial charge in [0.05, 0.1) is 4.60 Å². The Kier molecular flexibility index (Phi) is 5.97. The van der Waals surface area contributed by atoms with E-state index in [1.165, 1.54) is 4.57 Å². The van der Waals surface area contributed by atoms with Crippen LogP contribution in [0.15, 0.2) is 14.2 Å². The molecule has 0 aliphatic heterocycles. The fourth-order valence-corrected chi connectivity index (χ4v) is 3.06. The van der Waals surface area contributed by atoms with Crippen LogP contribution in [0.2, 0.25) is 25.7 Å². The van der Waals surface area contributed by atoms with Crippen molar-refractivity contribution in [2.45, 2.75) is 52.8 Å². The highest BCUT2D eigenvalue weighted by Crippen LogP contribution is 2.10. The number of rotatable bonds is 6. The average Bonchev–Trinajstić information content (AvgIpc) is 2.35. The zero-order valence-corrected chi connectivity index (χ0v) is 15.4. The van der Waals surface area contributed by atoms with E-state index in [1.807, 2.05) is 6.92 Å². The van der Waals surface area contributed by atoms with Crippen molar-refractivity contribution in [3.05, 3.63) is 31.0 Å². The Labute approximate surface area is 128 Å². The minimum absolute atomic E-state index is 0.0241. The van der Waals surface area contributed by atoms with Gasteiger partial charge in [0.25, 0.3) is 5.56 Å². The summed E-state index contributed by atoms with van der Waals surface area (Å²) in [5.41, 5.74) is -0.0946. The van der Waals surface area contributed by atoms with Gasteiger partial charge in [-0.2, -0.15) is 0 Å². The summed E-state index contributed by atoms with van der Waals surface area (Å²) >= 11 is 3.30. The molecule has 0 fully saturated rings. The molecule has 0 aromatic carbocycles. The van der Waals surface area contributed by atoms with Gasteiger partial charge in [-0.05, 0) is 35.8 Å². The molecule has 1 aromatic heterocycles. The molecule has 20 heavy (non-hydrogen) atoms. The summed E-state index contributed by atoms with van der Waals surface area (Å²) < 4.78 is 8.76. The van der Waals surface area contributed by atoms with E-state index in [0.29, 0.717) is 23.3 Å². The molecule has 5 nitrogen and oxygen atoms in total. The van der Waals surface area contributed by atoms with Gasteiger partial charge in [-0.25, -0.2) is 9.36 Å². The molecular formula is C13H23BrN2O3Si. The first-order valence-corrected chi connectivity index (χ1v) is 11.3. The lowest BCUT2D eigenvalue weighted by molar-refractivity contribution is 0.0801. The Morgan fingerprint density at radius 1 is 1.20 bits per heavy atom. The molecule has 0 aliphatic carbocycles. The molecule has 0 bridgehead atoms. The number of aromatic nitrogens is 2. The number of hydrogen-bond acceptors (Lipinski definition) is 3. The Morgan fingerprint density at radius 2 is 1.80 bits per heavy atom.